The van der Waals surface area contributed by atoms with Gasteiger partial charge in [-0.25, -0.2) is 0 Å². The molecule has 3 heterocycles. The summed E-state index contributed by atoms with van der Waals surface area (Å²) in [7, 11) is 0. The summed E-state index contributed by atoms with van der Waals surface area (Å²) in [5, 5.41) is 25.1. The number of aromatic nitrogens is 3. The molecule has 5 rings (SSSR count). The summed E-state index contributed by atoms with van der Waals surface area (Å²) < 4.78 is 5.68. The van der Waals surface area contributed by atoms with Gasteiger partial charge in [0.15, 0.2) is 5.82 Å². The number of benzene rings is 1. The summed E-state index contributed by atoms with van der Waals surface area (Å²) in [5.74, 6) is 1.84. The molecule has 2 N–H and O–H groups in total. The zero-order valence-corrected chi connectivity index (χ0v) is 15.4. The van der Waals surface area contributed by atoms with Gasteiger partial charge in [-0.05, 0) is 37.1 Å². The summed E-state index contributed by atoms with van der Waals surface area (Å²) in [6.07, 6.45) is 5.89. The Morgan fingerprint density at radius 1 is 1.07 bits per heavy atom. The van der Waals surface area contributed by atoms with Gasteiger partial charge in [0.05, 0.1) is 13.2 Å². The third kappa shape index (κ3) is 2.89. The van der Waals surface area contributed by atoms with Crippen molar-refractivity contribution in [3.63, 3.8) is 0 Å². The summed E-state index contributed by atoms with van der Waals surface area (Å²) in [5.41, 5.74) is 1.21. The van der Waals surface area contributed by atoms with E-state index in [1.165, 1.54) is 18.9 Å². The molecule has 1 saturated carbocycles. The number of hydrogen-bond donors (Lipinski definition) is 2. The molecule has 1 unspecified atom stereocenters. The van der Waals surface area contributed by atoms with Gasteiger partial charge in [-0.1, -0.05) is 11.6 Å². The Kier molecular flexibility index (Phi) is 4.10. The molecule has 1 aliphatic carbocycles. The predicted molar refractivity (Wildman–Crippen MR) is 104 cm³/mol. The Morgan fingerprint density at radius 3 is 2.67 bits per heavy atom. The first-order valence-electron chi connectivity index (χ1n) is 9.14. The van der Waals surface area contributed by atoms with E-state index in [0.29, 0.717) is 34.2 Å². The van der Waals surface area contributed by atoms with E-state index >= 15 is 0 Å². The number of phenolic OH excluding ortho intramolecular Hbond substituents is 1. The molecule has 3 atom stereocenters. The number of aromatic hydroxyl groups is 1. The molecule has 2 fully saturated rings. The minimum Gasteiger partial charge on any atom is -0.507 e. The topological polar surface area (TPSA) is 80.2 Å². The van der Waals surface area contributed by atoms with Crippen LogP contribution in [0.1, 0.15) is 12.8 Å². The molecule has 1 aromatic carbocycles. The van der Waals surface area contributed by atoms with Crippen LogP contribution in [0.2, 0.25) is 5.02 Å². The molecule has 2 bridgehead atoms. The smallest absolute Gasteiger partial charge is 0.158 e. The van der Waals surface area contributed by atoms with Crippen LogP contribution in [0.3, 0.4) is 0 Å². The van der Waals surface area contributed by atoms with Crippen molar-refractivity contribution in [2.45, 2.75) is 18.9 Å². The normalized spacial score (nSPS) is 24.3. The standard InChI is InChI=1S/C20H19ClN4O2/c21-13-3-4-15(17(26)7-13)19-14-5-6-22-8-16(14)20(25-24-19)23-18-11-1-2-12(18)10-27-9-11/h3-8,11-12,18,26H,1-2,9-10H2,(H,23,25)/t11-,12+,18?. The Hall–Kier alpha value is -2.44. The lowest BCUT2D eigenvalue weighted by molar-refractivity contribution is 0.0392. The van der Waals surface area contributed by atoms with Crippen LogP contribution in [0.25, 0.3) is 22.0 Å². The number of halogens is 1. The lowest BCUT2D eigenvalue weighted by Crippen LogP contribution is -2.39. The van der Waals surface area contributed by atoms with Gasteiger partial charge in [0, 0.05) is 51.6 Å². The van der Waals surface area contributed by atoms with E-state index in [9.17, 15) is 5.11 Å². The lowest BCUT2D eigenvalue weighted by Gasteiger charge is -2.31. The van der Waals surface area contributed by atoms with Crippen molar-refractivity contribution in [3.8, 4) is 17.0 Å². The Morgan fingerprint density at radius 2 is 1.89 bits per heavy atom. The fourth-order valence-electron chi connectivity index (χ4n) is 4.32. The van der Waals surface area contributed by atoms with Crippen LogP contribution in [0.5, 0.6) is 5.75 Å². The molecule has 3 aromatic rings. The maximum absolute atomic E-state index is 10.3. The third-order valence-corrected chi connectivity index (χ3v) is 5.92. The highest BCUT2D eigenvalue weighted by Gasteiger charge is 2.40. The first kappa shape index (κ1) is 16.7. The second kappa shape index (κ2) is 6.62. The summed E-state index contributed by atoms with van der Waals surface area (Å²) in [4.78, 5) is 4.28. The summed E-state index contributed by atoms with van der Waals surface area (Å²) >= 11 is 5.96. The first-order valence-corrected chi connectivity index (χ1v) is 9.52. The van der Waals surface area contributed by atoms with Gasteiger partial charge in [-0.3, -0.25) is 4.98 Å². The maximum Gasteiger partial charge on any atom is 0.158 e. The Balaban J connectivity index is 1.58. The number of rotatable bonds is 3. The highest BCUT2D eigenvalue weighted by molar-refractivity contribution is 6.30. The minimum atomic E-state index is 0.0816. The molecule has 0 radical (unpaired) electrons. The van der Waals surface area contributed by atoms with Gasteiger partial charge in [0.25, 0.3) is 0 Å². The minimum absolute atomic E-state index is 0.0816. The molecule has 27 heavy (non-hydrogen) atoms. The number of pyridine rings is 1. The molecule has 0 amide bonds. The largest absolute Gasteiger partial charge is 0.507 e. The van der Waals surface area contributed by atoms with Gasteiger partial charge in [0.1, 0.15) is 11.4 Å². The number of anilines is 1. The van der Waals surface area contributed by atoms with Crippen LogP contribution in [-0.4, -0.2) is 39.5 Å². The van der Waals surface area contributed by atoms with Crippen LogP contribution in [-0.2, 0) is 4.74 Å². The first-order chi connectivity index (χ1) is 13.2. The Bertz CT molecular complexity index is 996. The molecular weight excluding hydrogens is 364 g/mol. The van der Waals surface area contributed by atoms with Crippen molar-refractivity contribution in [3.05, 3.63) is 41.7 Å². The number of nitrogens with one attached hydrogen (secondary N) is 1. The highest BCUT2D eigenvalue weighted by Crippen LogP contribution is 2.39. The van der Waals surface area contributed by atoms with Crippen molar-refractivity contribution in [1.29, 1.82) is 0 Å². The van der Waals surface area contributed by atoms with Crippen LogP contribution in [0, 0.1) is 11.8 Å². The average Bonchev–Trinajstić information content (AvgIpc) is 2.89. The van der Waals surface area contributed by atoms with Crippen LogP contribution < -0.4 is 5.32 Å². The second-order valence-corrected chi connectivity index (χ2v) is 7.72. The van der Waals surface area contributed by atoms with Gasteiger partial charge in [-0.15, -0.1) is 10.2 Å². The maximum atomic E-state index is 10.3. The van der Waals surface area contributed by atoms with Crippen molar-refractivity contribution < 1.29 is 9.84 Å². The fraction of sp³-hybridized carbons (Fsp3) is 0.350. The molecule has 7 heteroatoms. The number of hydrogen-bond acceptors (Lipinski definition) is 6. The lowest BCUT2D eigenvalue weighted by atomic mass is 9.96. The van der Waals surface area contributed by atoms with E-state index in [4.69, 9.17) is 16.3 Å². The molecule has 6 nitrogen and oxygen atoms in total. The molecule has 1 aliphatic heterocycles. The van der Waals surface area contributed by atoms with Gasteiger partial charge >= 0.3 is 0 Å². The Labute approximate surface area is 161 Å². The SMILES string of the molecule is Oc1cc(Cl)ccc1-c1nnc(NC2[C@@H]3CC[C@H]2COC3)c2cnccc12. The van der Waals surface area contributed by atoms with Crippen LogP contribution in [0.4, 0.5) is 5.82 Å². The molecule has 138 valence electrons. The van der Waals surface area contributed by atoms with E-state index in [2.05, 4.69) is 20.5 Å². The highest BCUT2D eigenvalue weighted by atomic mass is 35.5. The van der Waals surface area contributed by atoms with Crippen molar-refractivity contribution in [2.24, 2.45) is 11.8 Å². The van der Waals surface area contributed by atoms with Crippen molar-refractivity contribution >= 4 is 28.2 Å². The number of ether oxygens (including phenoxy) is 1. The molecule has 0 spiro atoms. The van der Waals surface area contributed by atoms with Gasteiger partial charge in [-0.2, -0.15) is 0 Å². The molecular formula is C20H19ClN4O2. The number of phenols is 1. The predicted octanol–water partition coefficient (Wildman–Crippen LogP) is 3.89. The number of fused-ring (bicyclic) bond motifs is 3. The van der Waals surface area contributed by atoms with Gasteiger partial charge in [0.2, 0.25) is 0 Å². The van der Waals surface area contributed by atoms with Crippen LogP contribution in [0.15, 0.2) is 36.7 Å². The van der Waals surface area contributed by atoms with Crippen molar-refractivity contribution in [2.75, 3.05) is 18.5 Å². The van der Waals surface area contributed by atoms with E-state index in [-0.39, 0.29) is 5.75 Å². The van der Waals surface area contributed by atoms with Crippen molar-refractivity contribution in [1.82, 2.24) is 15.2 Å². The van der Waals surface area contributed by atoms with Gasteiger partial charge < -0.3 is 15.2 Å². The fourth-order valence-corrected chi connectivity index (χ4v) is 4.48. The molecule has 2 aromatic heterocycles. The van der Waals surface area contributed by atoms with E-state index in [1.807, 2.05) is 6.07 Å². The zero-order chi connectivity index (χ0) is 18.4. The summed E-state index contributed by atoms with van der Waals surface area (Å²) in [6, 6.07) is 7.25. The average molecular weight is 383 g/mol. The zero-order valence-electron chi connectivity index (χ0n) is 14.6. The van der Waals surface area contributed by atoms with E-state index in [0.717, 1.165) is 29.8 Å². The summed E-state index contributed by atoms with van der Waals surface area (Å²) in [6.45, 7) is 1.60. The van der Waals surface area contributed by atoms with Crippen LogP contribution >= 0.6 is 11.6 Å². The number of nitrogens with zero attached hydrogens (tertiary/aromatic N) is 3. The molecule has 1 saturated heterocycles. The molecule has 2 aliphatic rings. The third-order valence-electron chi connectivity index (χ3n) is 5.69. The quantitative estimate of drug-likeness (QED) is 0.715. The van der Waals surface area contributed by atoms with E-state index in [1.54, 1.807) is 24.5 Å². The monoisotopic (exact) mass is 382 g/mol. The van der Waals surface area contributed by atoms with E-state index < -0.39 is 0 Å². The second-order valence-electron chi connectivity index (χ2n) is 7.29.